The van der Waals surface area contributed by atoms with Crippen LogP contribution in [-0.4, -0.2) is 33.6 Å². The number of aliphatic hydroxyl groups excluding tert-OH is 1. The van der Waals surface area contributed by atoms with Crippen molar-refractivity contribution in [3.63, 3.8) is 0 Å². The molecule has 2 aromatic rings. The van der Waals surface area contributed by atoms with Crippen LogP contribution in [0.1, 0.15) is 18.0 Å². The number of hydrogen-bond donors (Lipinski definition) is 2. The highest BCUT2D eigenvalue weighted by Crippen LogP contribution is 2.32. The van der Waals surface area contributed by atoms with E-state index in [-0.39, 0.29) is 24.0 Å². The topological polar surface area (TPSA) is 50.1 Å². The van der Waals surface area contributed by atoms with Gasteiger partial charge in [-0.05, 0) is 30.2 Å². The van der Waals surface area contributed by atoms with E-state index < -0.39 is 0 Å². The van der Waals surface area contributed by atoms with Gasteiger partial charge in [-0.15, -0.1) is 0 Å². The number of nitrogens with one attached hydrogen (secondary N) is 1. The maximum atomic E-state index is 12.8. The van der Waals surface area contributed by atoms with Crippen molar-refractivity contribution in [2.75, 3.05) is 6.54 Å². The SMILES string of the molecule is O[C@@H]1C[C@H](NC/C=C/c2ccc(F)cc2)[C@H]1n1cccn1. The first kappa shape index (κ1) is 14.0. The minimum atomic E-state index is -0.344. The summed E-state index contributed by atoms with van der Waals surface area (Å²) in [6.45, 7) is 0.701. The number of rotatable bonds is 5. The average Bonchev–Trinajstić information content (AvgIpc) is 2.97. The van der Waals surface area contributed by atoms with Gasteiger partial charge in [0, 0.05) is 25.0 Å². The highest BCUT2D eigenvalue weighted by molar-refractivity contribution is 5.48. The van der Waals surface area contributed by atoms with Crippen molar-refractivity contribution in [3.05, 3.63) is 60.2 Å². The predicted molar refractivity (Wildman–Crippen MR) is 79.1 cm³/mol. The molecule has 0 unspecified atom stereocenters. The molecule has 0 saturated heterocycles. The van der Waals surface area contributed by atoms with Crippen molar-refractivity contribution in [2.45, 2.75) is 24.6 Å². The fraction of sp³-hybridized carbons (Fsp3) is 0.312. The van der Waals surface area contributed by atoms with Gasteiger partial charge in [-0.2, -0.15) is 5.10 Å². The normalized spacial score (nSPS) is 25.1. The molecule has 110 valence electrons. The first-order chi connectivity index (χ1) is 10.2. The lowest BCUT2D eigenvalue weighted by Crippen LogP contribution is -2.54. The predicted octanol–water partition coefficient (Wildman–Crippen LogP) is 2.00. The van der Waals surface area contributed by atoms with Gasteiger partial charge in [0.1, 0.15) is 5.82 Å². The summed E-state index contributed by atoms with van der Waals surface area (Å²) in [6.07, 6.45) is 7.92. The Labute approximate surface area is 122 Å². The van der Waals surface area contributed by atoms with E-state index in [2.05, 4.69) is 10.4 Å². The van der Waals surface area contributed by atoms with E-state index >= 15 is 0 Å². The van der Waals surface area contributed by atoms with Crippen LogP contribution >= 0.6 is 0 Å². The lowest BCUT2D eigenvalue weighted by Gasteiger charge is -2.42. The number of aliphatic hydroxyl groups is 1. The molecule has 0 spiro atoms. The van der Waals surface area contributed by atoms with Gasteiger partial charge in [-0.25, -0.2) is 4.39 Å². The van der Waals surface area contributed by atoms with E-state index in [1.165, 1.54) is 12.1 Å². The number of aromatic nitrogens is 2. The summed E-state index contributed by atoms with van der Waals surface area (Å²) in [7, 11) is 0. The fourth-order valence-electron chi connectivity index (χ4n) is 2.62. The first-order valence-electron chi connectivity index (χ1n) is 7.07. The second kappa shape index (κ2) is 6.20. The van der Waals surface area contributed by atoms with E-state index in [1.54, 1.807) is 23.0 Å². The van der Waals surface area contributed by atoms with Crippen LogP contribution in [0.5, 0.6) is 0 Å². The van der Waals surface area contributed by atoms with Gasteiger partial charge in [0.25, 0.3) is 0 Å². The van der Waals surface area contributed by atoms with Gasteiger partial charge in [-0.1, -0.05) is 24.3 Å². The number of nitrogens with zero attached hydrogens (tertiary/aromatic N) is 2. The Hall–Kier alpha value is -1.98. The smallest absolute Gasteiger partial charge is 0.123 e. The van der Waals surface area contributed by atoms with Crippen LogP contribution in [0.2, 0.25) is 0 Å². The van der Waals surface area contributed by atoms with E-state index in [9.17, 15) is 9.50 Å². The molecule has 0 radical (unpaired) electrons. The van der Waals surface area contributed by atoms with Crippen molar-refractivity contribution in [2.24, 2.45) is 0 Å². The lowest BCUT2D eigenvalue weighted by atomic mass is 9.83. The van der Waals surface area contributed by atoms with Crippen molar-refractivity contribution < 1.29 is 9.50 Å². The highest BCUT2D eigenvalue weighted by atomic mass is 19.1. The Morgan fingerprint density at radius 2 is 2.19 bits per heavy atom. The molecule has 5 heteroatoms. The summed E-state index contributed by atoms with van der Waals surface area (Å²) in [6, 6.07) is 8.46. The summed E-state index contributed by atoms with van der Waals surface area (Å²) in [5.41, 5.74) is 0.968. The van der Waals surface area contributed by atoms with Crippen molar-refractivity contribution in [1.82, 2.24) is 15.1 Å². The van der Waals surface area contributed by atoms with Gasteiger partial charge in [0.2, 0.25) is 0 Å². The van der Waals surface area contributed by atoms with Crippen molar-refractivity contribution in [3.8, 4) is 0 Å². The number of benzene rings is 1. The van der Waals surface area contributed by atoms with Crippen LogP contribution in [0.3, 0.4) is 0 Å². The Kier molecular flexibility index (Phi) is 4.13. The van der Waals surface area contributed by atoms with Crippen LogP contribution in [0.15, 0.2) is 48.8 Å². The zero-order valence-corrected chi connectivity index (χ0v) is 11.6. The van der Waals surface area contributed by atoms with Crippen LogP contribution in [0.4, 0.5) is 4.39 Å². The molecule has 1 saturated carbocycles. The molecule has 1 heterocycles. The molecule has 1 aliphatic carbocycles. The lowest BCUT2D eigenvalue weighted by molar-refractivity contribution is -0.00627. The van der Waals surface area contributed by atoms with Crippen molar-refractivity contribution >= 4 is 6.08 Å². The molecule has 1 fully saturated rings. The Morgan fingerprint density at radius 1 is 1.38 bits per heavy atom. The quantitative estimate of drug-likeness (QED) is 0.884. The molecular weight excluding hydrogens is 269 g/mol. The zero-order chi connectivity index (χ0) is 14.7. The van der Waals surface area contributed by atoms with Crippen LogP contribution < -0.4 is 5.32 Å². The van der Waals surface area contributed by atoms with E-state index in [4.69, 9.17) is 0 Å². The van der Waals surface area contributed by atoms with Gasteiger partial charge in [0.05, 0.1) is 12.1 Å². The molecular formula is C16H18FN3O. The highest BCUT2D eigenvalue weighted by Gasteiger charge is 2.41. The average molecular weight is 287 g/mol. The standard InChI is InChI=1S/C16H18FN3O/c17-13-6-4-12(5-7-13)3-1-8-18-14-11-15(21)16(14)20-10-2-9-19-20/h1-7,9-10,14-16,18,21H,8,11H2/b3-1+/t14-,15+,16+/m0/s1. The molecule has 1 aliphatic rings. The molecule has 3 atom stereocenters. The van der Waals surface area contributed by atoms with E-state index in [0.717, 1.165) is 12.0 Å². The molecule has 1 aromatic carbocycles. The van der Waals surface area contributed by atoms with Gasteiger partial charge < -0.3 is 10.4 Å². The molecule has 1 aromatic heterocycles. The molecule has 0 amide bonds. The number of hydrogen-bond acceptors (Lipinski definition) is 3. The monoisotopic (exact) mass is 287 g/mol. The molecule has 4 nitrogen and oxygen atoms in total. The Balaban J connectivity index is 1.50. The molecule has 21 heavy (non-hydrogen) atoms. The maximum Gasteiger partial charge on any atom is 0.123 e. The van der Waals surface area contributed by atoms with E-state index in [0.29, 0.717) is 6.54 Å². The third-order valence-electron chi connectivity index (χ3n) is 3.81. The summed E-state index contributed by atoms with van der Waals surface area (Å²) in [5, 5.41) is 17.4. The van der Waals surface area contributed by atoms with E-state index in [1.807, 2.05) is 24.4 Å². The van der Waals surface area contributed by atoms with Crippen LogP contribution in [-0.2, 0) is 0 Å². The minimum Gasteiger partial charge on any atom is -0.391 e. The van der Waals surface area contributed by atoms with Crippen molar-refractivity contribution in [1.29, 1.82) is 0 Å². The first-order valence-corrected chi connectivity index (χ1v) is 7.07. The third kappa shape index (κ3) is 3.20. The summed E-state index contributed by atoms with van der Waals surface area (Å²) in [4.78, 5) is 0. The summed E-state index contributed by atoms with van der Waals surface area (Å²) >= 11 is 0. The summed E-state index contributed by atoms with van der Waals surface area (Å²) < 4.78 is 14.6. The second-order valence-corrected chi connectivity index (χ2v) is 5.25. The van der Waals surface area contributed by atoms with Crippen LogP contribution in [0.25, 0.3) is 6.08 Å². The van der Waals surface area contributed by atoms with Gasteiger partial charge in [-0.3, -0.25) is 4.68 Å². The fourth-order valence-corrected chi connectivity index (χ4v) is 2.62. The largest absolute Gasteiger partial charge is 0.391 e. The Bertz CT molecular complexity index is 594. The second-order valence-electron chi connectivity index (χ2n) is 5.25. The number of halogens is 1. The van der Waals surface area contributed by atoms with Gasteiger partial charge >= 0.3 is 0 Å². The third-order valence-corrected chi connectivity index (χ3v) is 3.81. The summed E-state index contributed by atoms with van der Waals surface area (Å²) in [5.74, 6) is -0.226. The molecule has 0 aliphatic heterocycles. The molecule has 0 bridgehead atoms. The minimum absolute atomic E-state index is 0.000721. The molecule has 2 N–H and O–H groups in total. The van der Waals surface area contributed by atoms with Crippen LogP contribution in [0, 0.1) is 5.82 Å². The Morgan fingerprint density at radius 3 is 2.86 bits per heavy atom. The maximum absolute atomic E-state index is 12.8. The van der Waals surface area contributed by atoms with Gasteiger partial charge in [0.15, 0.2) is 0 Å². The molecule has 3 rings (SSSR count). The zero-order valence-electron chi connectivity index (χ0n) is 11.6.